The van der Waals surface area contributed by atoms with E-state index in [1.165, 1.54) is 0 Å². The monoisotopic (exact) mass is 240 g/mol. The second-order valence-electron chi connectivity index (χ2n) is 2.41. The van der Waals surface area contributed by atoms with Crippen LogP contribution in [0.5, 0.6) is 0 Å². The minimum atomic E-state index is -1.43. The summed E-state index contributed by atoms with van der Waals surface area (Å²) in [5.74, 6) is -1.27. The van der Waals surface area contributed by atoms with Crippen LogP contribution in [0.1, 0.15) is 5.56 Å². The van der Waals surface area contributed by atoms with E-state index in [4.69, 9.17) is 33.4 Å². The summed E-state index contributed by atoms with van der Waals surface area (Å²) < 4.78 is 0.905. The van der Waals surface area contributed by atoms with Crippen molar-refractivity contribution in [1.82, 2.24) is 0 Å². The zero-order chi connectivity index (χ0) is 10.0. The van der Waals surface area contributed by atoms with Crippen molar-refractivity contribution in [3.63, 3.8) is 0 Å². The summed E-state index contributed by atoms with van der Waals surface area (Å²) in [5, 5.41) is 17.4. The molecule has 0 aliphatic carbocycles. The summed E-state index contributed by atoms with van der Waals surface area (Å²) in [6, 6.07) is 1.56. The number of hydrogen-bond acceptors (Lipinski definition) is 3. The first-order valence-electron chi connectivity index (χ1n) is 3.35. The Bertz CT molecular complexity index is 324. The molecule has 6 heteroatoms. The Morgan fingerprint density at radius 1 is 1.62 bits per heavy atom. The second kappa shape index (κ2) is 4.28. The van der Waals surface area contributed by atoms with Crippen LogP contribution < -0.4 is 0 Å². The summed E-state index contributed by atoms with van der Waals surface area (Å²) in [6.45, 7) is 0. The van der Waals surface area contributed by atoms with Gasteiger partial charge in [0.15, 0.2) is 6.10 Å². The third kappa shape index (κ3) is 2.84. The lowest BCUT2D eigenvalue weighted by molar-refractivity contribution is -0.146. The average molecular weight is 241 g/mol. The predicted octanol–water partition coefficient (Wildman–Crippen LogP) is 2.04. The van der Waals surface area contributed by atoms with Crippen LogP contribution in [0, 0.1) is 0 Å². The molecule has 0 spiro atoms. The normalized spacial score (nSPS) is 12.8. The SMILES string of the molecule is O=C(O)C(O)Cc1cc(Cl)sc1Cl. The highest BCUT2D eigenvalue weighted by atomic mass is 35.5. The summed E-state index contributed by atoms with van der Waals surface area (Å²) in [6.07, 6.45) is -1.44. The van der Waals surface area contributed by atoms with Crippen molar-refractivity contribution in [2.45, 2.75) is 12.5 Å². The number of carbonyl (C=O) groups is 1. The zero-order valence-electron chi connectivity index (χ0n) is 6.33. The Morgan fingerprint density at radius 2 is 2.23 bits per heavy atom. The van der Waals surface area contributed by atoms with Crippen LogP contribution in [-0.4, -0.2) is 22.3 Å². The number of aliphatic hydroxyl groups excluding tert-OH is 1. The highest BCUT2D eigenvalue weighted by Gasteiger charge is 2.17. The Balaban J connectivity index is 2.74. The molecule has 0 saturated carbocycles. The molecule has 0 aromatic carbocycles. The molecule has 1 aromatic rings. The fraction of sp³-hybridized carbons (Fsp3) is 0.286. The largest absolute Gasteiger partial charge is 0.479 e. The van der Waals surface area contributed by atoms with E-state index in [1.54, 1.807) is 6.07 Å². The fourth-order valence-corrected chi connectivity index (χ4v) is 2.32. The first kappa shape index (κ1) is 10.8. The first-order chi connectivity index (χ1) is 6.00. The van der Waals surface area contributed by atoms with Gasteiger partial charge in [-0.25, -0.2) is 4.79 Å². The van der Waals surface area contributed by atoms with E-state index >= 15 is 0 Å². The zero-order valence-corrected chi connectivity index (χ0v) is 8.66. The minimum absolute atomic E-state index is 0.0165. The molecule has 1 atom stereocenters. The third-order valence-electron chi connectivity index (χ3n) is 1.43. The van der Waals surface area contributed by atoms with Gasteiger partial charge in [-0.05, 0) is 11.6 Å². The van der Waals surface area contributed by atoms with Crippen molar-refractivity contribution < 1.29 is 15.0 Å². The lowest BCUT2D eigenvalue weighted by atomic mass is 10.1. The molecule has 1 unspecified atom stereocenters. The van der Waals surface area contributed by atoms with Crippen LogP contribution >= 0.6 is 34.5 Å². The van der Waals surface area contributed by atoms with E-state index < -0.39 is 12.1 Å². The van der Waals surface area contributed by atoms with Gasteiger partial charge in [-0.2, -0.15) is 0 Å². The molecular weight excluding hydrogens is 235 g/mol. The molecule has 0 saturated heterocycles. The van der Waals surface area contributed by atoms with Gasteiger partial charge in [-0.15, -0.1) is 11.3 Å². The molecule has 0 bridgehead atoms. The van der Waals surface area contributed by atoms with Crippen LogP contribution in [0.25, 0.3) is 0 Å². The number of hydrogen-bond donors (Lipinski definition) is 2. The minimum Gasteiger partial charge on any atom is -0.479 e. The van der Waals surface area contributed by atoms with Crippen molar-refractivity contribution >= 4 is 40.5 Å². The number of rotatable bonds is 3. The maximum atomic E-state index is 10.3. The van der Waals surface area contributed by atoms with Gasteiger partial charge in [-0.1, -0.05) is 23.2 Å². The molecule has 72 valence electrons. The standard InChI is InChI=1S/C7H6Cl2O3S/c8-5-2-3(6(9)13-5)1-4(10)7(11)12/h2,4,10H,1H2,(H,11,12). The molecule has 1 rings (SSSR count). The molecule has 2 N–H and O–H groups in total. The predicted molar refractivity (Wildman–Crippen MR) is 51.7 cm³/mol. The van der Waals surface area contributed by atoms with E-state index in [2.05, 4.69) is 0 Å². The topological polar surface area (TPSA) is 57.5 Å². The van der Waals surface area contributed by atoms with Crippen LogP contribution in [-0.2, 0) is 11.2 Å². The van der Waals surface area contributed by atoms with Crippen LogP contribution in [0.15, 0.2) is 6.07 Å². The van der Waals surface area contributed by atoms with E-state index in [9.17, 15) is 4.79 Å². The molecular formula is C7H6Cl2O3S. The van der Waals surface area contributed by atoms with E-state index in [-0.39, 0.29) is 6.42 Å². The highest BCUT2D eigenvalue weighted by molar-refractivity contribution is 7.20. The van der Waals surface area contributed by atoms with E-state index in [0.29, 0.717) is 14.2 Å². The molecule has 3 nitrogen and oxygen atoms in total. The Labute approximate surface area is 88.5 Å². The molecule has 1 aromatic heterocycles. The summed E-state index contributed by atoms with van der Waals surface area (Å²) in [4.78, 5) is 10.3. The number of thiophene rings is 1. The van der Waals surface area contributed by atoms with Gasteiger partial charge in [0.2, 0.25) is 0 Å². The van der Waals surface area contributed by atoms with E-state index in [0.717, 1.165) is 11.3 Å². The van der Waals surface area contributed by atoms with Crippen molar-refractivity contribution in [1.29, 1.82) is 0 Å². The highest BCUT2D eigenvalue weighted by Crippen LogP contribution is 2.31. The van der Waals surface area contributed by atoms with Gasteiger partial charge in [0.1, 0.15) is 0 Å². The molecule has 13 heavy (non-hydrogen) atoms. The fourth-order valence-electron chi connectivity index (χ4n) is 0.809. The number of aliphatic carboxylic acids is 1. The van der Waals surface area contributed by atoms with E-state index in [1.807, 2.05) is 0 Å². The number of aliphatic hydroxyl groups is 1. The number of halogens is 2. The summed E-state index contributed by atoms with van der Waals surface area (Å²) >= 11 is 12.5. The number of carboxylic acid groups (broad SMARTS) is 1. The van der Waals surface area contributed by atoms with Crippen molar-refractivity contribution in [3.8, 4) is 0 Å². The number of carboxylic acids is 1. The quantitative estimate of drug-likeness (QED) is 0.851. The first-order valence-corrected chi connectivity index (χ1v) is 4.92. The Kier molecular flexibility index (Phi) is 3.55. The van der Waals surface area contributed by atoms with Gasteiger partial charge in [0, 0.05) is 6.42 Å². The Hall–Kier alpha value is -0.290. The molecule has 0 fully saturated rings. The molecule has 0 radical (unpaired) electrons. The maximum absolute atomic E-state index is 10.3. The lowest BCUT2D eigenvalue weighted by Gasteiger charge is -2.02. The average Bonchev–Trinajstić information content (AvgIpc) is 2.30. The third-order valence-corrected chi connectivity index (χ3v) is 2.99. The van der Waals surface area contributed by atoms with Gasteiger partial charge < -0.3 is 10.2 Å². The van der Waals surface area contributed by atoms with Crippen LogP contribution in [0.4, 0.5) is 0 Å². The van der Waals surface area contributed by atoms with Crippen LogP contribution in [0.2, 0.25) is 8.67 Å². The van der Waals surface area contributed by atoms with Crippen molar-refractivity contribution in [2.75, 3.05) is 0 Å². The van der Waals surface area contributed by atoms with Gasteiger partial charge in [0.25, 0.3) is 0 Å². The van der Waals surface area contributed by atoms with Gasteiger partial charge in [-0.3, -0.25) is 0 Å². The summed E-state index contributed by atoms with van der Waals surface area (Å²) in [7, 11) is 0. The summed E-state index contributed by atoms with van der Waals surface area (Å²) in [5.41, 5.74) is 0.562. The molecule has 0 aliphatic rings. The van der Waals surface area contributed by atoms with Gasteiger partial charge in [0.05, 0.1) is 8.67 Å². The Morgan fingerprint density at radius 3 is 2.62 bits per heavy atom. The molecule has 0 aliphatic heterocycles. The molecule has 0 amide bonds. The lowest BCUT2D eigenvalue weighted by Crippen LogP contribution is -2.21. The maximum Gasteiger partial charge on any atom is 0.332 e. The van der Waals surface area contributed by atoms with Crippen molar-refractivity contribution in [2.24, 2.45) is 0 Å². The van der Waals surface area contributed by atoms with Gasteiger partial charge >= 0.3 is 5.97 Å². The van der Waals surface area contributed by atoms with Crippen LogP contribution in [0.3, 0.4) is 0 Å². The second-order valence-corrected chi connectivity index (χ2v) is 4.69. The smallest absolute Gasteiger partial charge is 0.332 e. The molecule has 1 heterocycles. The van der Waals surface area contributed by atoms with Crippen molar-refractivity contribution in [3.05, 3.63) is 20.3 Å².